The zero-order valence-electron chi connectivity index (χ0n) is 11.8. The van der Waals surface area contributed by atoms with Crippen molar-refractivity contribution < 1.29 is 0 Å². The van der Waals surface area contributed by atoms with Gasteiger partial charge in [-0.15, -0.1) is 0 Å². The molecular weight excluding hydrogens is 208 g/mol. The van der Waals surface area contributed by atoms with Crippen LogP contribution in [0, 0.1) is 11.8 Å². The molecule has 0 aromatic rings. The molecule has 0 saturated heterocycles. The van der Waals surface area contributed by atoms with Crippen molar-refractivity contribution in [2.75, 3.05) is 26.2 Å². The highest BCUT2D eigenvalue weighted by atomic mass is 15.2. The van der Waals surface area contributed by atoms with Gasteiger partial charge in [0.15, 0.2) is 0 Å². The molecule has 0 spiro atoms. The summed E-state index contributed by atoms with van der Waals surface area (Å²) >= 11 is 0. The van der Waals surface area contributed by atoms with Crippen LogP contribution in [0.2, 0.25) is 0 Å². The van der Waals surface area contributed by atoms with E-state index >= 15 is 0 Å². The number of rotatable bonds is 9. The maximum atomic E-state index is 3.76. The summed E-state index contributed by atoms with van der Waals surface area (Å²) in [6.07, 6.45) is 8.62. The van der Waals surface area contributed by atoms with Gasteiger partial charge in [0.1, 0.15) is 0 Å². The summed E-state index contributed by atoms with van der Waals surface area (Å²) in [5.41, 5.74) is 0. The van der Waals surface area contributed by atoms with E-state index in [9.17, 15) is 0 Å². The summed E-state index contributed by atoms with van der Waals surface area (Å²) in [5.74, 6) is 2.00. The van der Waals surface area contributed by atoms with Gasteiger partial charge >= 0.3 is 0 Å². The Hall–Kier alpha value is -0.0800. The van der Waals surface area contributed by atoms with Gasteiger partial charge in [-0.3, -0.25) is 0 Å². The predicted molar refractivity (Wildman–Crippen MR) is 74.3 cm³/mol. The molecule has 0 radical (unpaired) electrons. The largest absolute Gasteiger partial charge is 0.312 e. The Kier molecular flexibility index (Phi) is 5.30. The van der Waals surface area contributed by atoms with Crippen LogP contribution in [0.5, 0.6) is 0 Å². The fourth-order valence-corrected chi connectivity index (χ4v) is 2.86. The first-order valence-electron chi connectivity index (χ1n) is 7.79. The van der Waals surface area contributed by atoms with Gasteiger partial charge in [-0.05, 0) is 57.0 Å². The SMILES string of the molecule is CCCNC(CN(CC)CC1CCC1)C1CC1. The molecule has 1 N–H and O–H groups in total. The first-order valence-corrected chi connectivity index (χ1v) is 7.79. The minimum absolute atomic E-state index is 0.773. The number of hydrogen-bond acceptors (Lipinski definition) is 2. The Bertz CT molecular complexity index is 209. The van der Waals surface area contributed by atoms with Crippen molar-refractivity contribution in [1.29, 1.82) is 0 Å². The first kappa shape index (κ1) is 13.4. The van der Waals surface area contributed by atoms with E-state index in [4.69, 9.17) is 0 Å². The van der Waals surface area contributed by atoms with Crippen LogP contribution in [0.15, 0.2) is 0 Å². The molecule has 0 aromatic carbocycles. The van der Waals surface area contributed by atoms with Crippen LogP contribution in [0.4, 0.5) is 0 Å². The standard InChI is InChI=1S/C15H30N2/c1-3-10-16-15(14-8-9-14)12-17(4-2)11-13-6-5-7-13/h13-16H,3-12H2,1-2H3. The summed E-state index contributed by atoms with van der Waals surface area (Å²) in [5, 5.41) is 3.76. The molecule has 2 fully saturated rings. The number of nitrogens with zero attached hydrogens (tertiary/aromatic N) is 1. The third-order valence-electron chi connectivity index (χ3n) is 4.49. The van der Waals surface area contributed by atoms with E-state index < -0.39 is 0 Å². The van der Waals surface area contributed by atoms with Gasteiger partial charge in [-0.2, -0.15) is 0 Å². The van der Waals surface area contributed by atoms with Gasteiger partial charge in [0.25, 0.3) is 0 Å². The molecule has 0 heterocycles. The maximum Gasteiger partial charge on any atom is 0.0223 e. The highest BCUT2D eigenvalue weighted by Gasteiger charge is 2.32. The second kappa shape index (κ2) is 6.75. The molecule has 17 heavy (non-hydrogen) atoms. The summed E-state index contributed by atoms with van der Waals surface area (Å²) < 4.78 is 0. The Morgan fingerprint density at radius 1 is 1.18 bits per heavy atom. The molecule has 2 heteroatoms. The Morgan fingerprint density at radius 2 is 1.94 bits per heavy atom. The van der Waals surface area contributed by atoms with Crippen LogP contribution in [-0.4, -0.2) is 37.1 Å². The van der Waals surface area contributed by atoms with Crippen LogP contribution in [0.25, 0.3) is 0 Å². The number of likely N-dealkylation sites (N-methyl/N-ethyl adjacent to an activating group) is 1. The van der Waals surface area contributed by atoms with E-state index in [0.717, 1.165) is 17.9 Å². The van der Waals surface area contributed by atoms with Gasteiger partial charge in [0.05, 0.1) is 0 Å². The summed E-state index contributed by atoms with van der Waals surface area (Å²) in [6, 6.07) is 0.773. The molecule has 2 rings (SSSR count). The average molecular weight is 238 g/mol. The molecule has 2 aliphatic rings. The lowest BCUT2D eigenvalue weighted by Gasteiger charge is -2.34. The van der Waals surface area contributed by atoms with Crippen molar-refractivity contribution in [1.82, 2.24) is 10.2 Å². The Labute approximate surface area is 107 Å². The van der Waals surface area contributed by atoms with E-state index in [1.54, 1.807) is 0 Å². The van der Waals surface area contributed by atoms with E-state index in [1.165, 1.54) is 64.7 Å². The third kappa shape index (κ3) is 4.26. The lowest BCUT2D eigenvalue weighted by Crippen LogP contribution is -2.45. The molecule has 100 valence electrons. The van der Waals surface area contributed by atoms with E-state index in [0.29, 0.717) is 0 Å². The lowest BCUT2D eigenvalue weighted by molar-refractivity contribution is 0.165. The normalized spacial score (nSPS) is 22.8. The smallest absolute Gasteiger partial charge is 0.0223 e. The number of hydrogen-bond donors (Lipinski definition) is 1. The monoisotopic (exact) mass is 238 g/mol. The zero-order chi connectivity index (χ0) is 12.1. The summed E-state index contributed by atoms with van der Waals surface area (Å²) in [4.78, 5) is 2.69. The summed E-state index contributed by atoms with van der Waals surface area (Å²) in [7, 11) is 0. The molecule has 1 unspecified atom stereocenters. The van der Waals surface area contributed by atoms with Crippen LogP contribution in [-0.2, 0) is 0 Å². The lowest BCUT2D eigenvalue weighted by atomic mass is 9.85. The fraction of sp³-hybridized carbons (Fsp3) is 1.00. The van der Waals surface area contributed by atoms with Crippen molar-refractivity contribution in [3.05, 3.63) is 0 Å². The molecule has 0 bridgehead atoms. The van der Waals surface area contributed by atoms with E-state index in [2.05, 4.69) is 24.1 Å². The van der Waals surface area contributed by atoms with Crippen molar-refractivity contribution in [3.63, 3.8) is 0 Å². The minimum Gasteiger partial charge on any atom is -0.312 e. The van der Waals surface area contributed by atoms with Crippen LogP contribution >= 0.6 is 0 Å². The highest BCUT2D eigenvalue weighted by molar-refractivity contribution is 4.89. The van der Waals surface area contributed by atoms with Gasteiger partial charge in [-0.25, -0.2) is 0 Å². The molecule has 2 nitrogen and oxygen atoms in total. The number of nitrogens with one attached hydrogen (secondary N) is 1. The second-order valence-electron chi connectivity index (χ2n) is 6.05. The molecule has 2 aliphatic carbocycles. The van der Waals surface area contributed by atoms with Crippen LogP contribution in [0.3, 0.4) is 0 Å². The highest BCUT2D eigenvalue weighted by Crippen LogP contribution is 2.33. The fourth-order valence-electron chi connectivity index (χ4n) is 2.86. The molecule has 2 saturated carbocycles. The van der Waals surface area contributed by atoms with E-state index in [1.807, 2.05) is 0 Å². The molecular formula is C15H30N2. The Morgan fingerprint density at radius 3 is 2.41 bits per heavy atom. The second-order valence-corrected chi connectivity index (χ2v) is 6.05. The van der Waals surface area contributed by atoms with Gasteiger partial charge < -0.3 is 10.2 Å². The average Bonchev–Trinajstić information content (AvgIpc) is 3.10. The van der Waals surface area contributed by atoms with Crippen molar-refractivity contribution in [2.24, 2.45) is 11.8 Å². The minimum atomic E-state index is 0.773. The third-order valence-corrected chi connectivity index (χ3v) is 4.49. The predicted octanol–water partition coefficient (Wildman–Crippen LogP) is 2.89. The van der Waals surface area contributed by atoms with Crippen LogP contribution < -0.4 is 5.32 Å². The summed E-state index contributed by atoms with van der Waals surface area (Å²) in [6.45, 7) is 9.66. The first-order chi connectivity index (χ1) is 8.33. The van der Waals surface area contributed by atoms with Crippen molar-refractivity contribution in [3.8, 4) is 0 Å². The van der Waals surface area contributed by atoms with Gasteiger partial charge in [0, 0.05) is 19.1 Å². The van der Waals surface area contributed by atoms with Gasteiger partial charge in [0.2, 0.25) is 0 Å². The Balaban J connectivity index is 1.72. The molecule has 1 atom stereocenters. The molecule has 0 aliphatic heterocycles. The molecule has 0 aromatic heterocycles. The molecule has 0 amide bonds. The van der Waals surface area contributed by atoms with Crippen molar-refractivity contribution >= 4 is 0 Å². The zero-order valence-corrected chi connectivity index (χ0v) is 11.8. The quantitative estimate of drug-likeness (QED) is 0.664. The van der Waals surface area contributed by atoms with Crippen molar-refractivity contribution in [2.45, 2.75) is 58.4 Å². The van der Waals surface area contributed by atoms with Gasteiger partial charge in [-0.1, -0.05) is 20.3 Å². The van der Waals surface area contributed by atoms with E-state index in [-0.39, 0.29) is 0 Å². The maximum absolute atomic E-state index is 3.76. The topological polar surface area (TPSA) is 15.3 Å². The van der Waals surface area contributed by atoms with Crippen LogP contribution in [0.1, 0.15) is 52.4 Å².